The lowest BCUT2D eigenvalue weighted by atomic mass is 10.2. The molecule has 0 saturated heterocycles. The van der Waals surface area contributed by atoms with Crippen molar-refractivity contribution in [2.45, 2.75) is 19.5 Å². The third-order valence-corrected chi connectivity index (χ3v) is 2.53. The lowest BCUT2D eigenvalue weighted by Crippen LogP contribution is -2.36. The highest BCUT2D eigenvalue weighted by atomic mass is 19.4. The zero-order chi connectivity index (χ0) is 15.7. The summed E-state index contributed by atoms with van der Waals surface area (Å²) in [7, 11) is 0. The normalized spacial score (nSPS) is 12.3. The number of rotatable bonds is 6. The zero-order valence-corrected chi connectivity index (χ0v) is 11.7. The molecule has 4 N–H and O–H groups in total. The molecule has 5 nitrogen and oxygen atoms in total. The number of hydrogen-bond donors (Lipinski definition) is 3. The molecular formula is C13H19F3N4O. The van der Waals surface area contributed by atoms with Crippen molar-refractivity contribution in [3.8, 4) is 0 Å². The summed E-state index contributed by atoms with van der Waals surface area (Å²) in [5.41, 5.74) is 2.12. The van der Waals surface area contributed by atoms with Crippen LogP contribution in [-0.2, 0) is 10.9 Å². The van der Waals surface area contributed by atoms with Gasteiger partial charge in [0.1, 0.15) is 0 Å². The number of alkyl halides is 3. The van der Waals surface area contributed by atoms with Crippen molar-refractivity contribution in [3.05, 3.63) is 29.8 Å². The fourth-order valence-corrected chi connectivity index (χ4v) is 1.50. The summed E-state index contributed by atoms with van der Waals surface area (Å²) < 4.78 is 42.4. The second kappa shape index (κ2) is 8.48. The van der Waals surface area contributed by atoms with Gasteiger partial charge in [-0.3, -0.25) is 10.4 Å². The number of nitrogens with one attached hydrogen (secondary N) is 2. The fourth-order valence-electron chi connectivity index (χ4n) is 1.50. The number of ether oxygens (including phenoxy) is 1. The minimum atomic E-state index is -4.35. The van der Waals surface area contributed by atoms with Gasteiger partial charge in [-0.25, -0.2) is 5.84 Å². The Morgan fingerprint density at radius 2 is 1.95 bits per heavy atom. The molecule has 0 aliphatic carbocycles. The lowest BCUT2D eigenvalue weighted by Gasteiger charge is -2.11. The second-order valence-corrected chi connectivity index (χ2v) is 4.13. The van der Waals surface area contributed by atoms with Crippen LogP contribution < -0.4 is 16.6 Å². The number of nitrogens with two attached hydrogens (primary N) is 1. The van der Waals surface area contributed by atoms with Crippen molar-refractivity contribution in [1.82, 2.24) is 5.43 Å². The third-order valence-electron chi connectivity index (χ3n) is 2.53. The highest BCUT2D eigenvalue weighted by Gasteiger charge is 2.29. The summed E-state index contributed by atoms with van der Waals surface area (Å²) in [5, 5.41) is 2.80. The van der Waals surface area contributed by atoms with Crippen molar-refractivity contribution in [1.29, 1.82) is 0 Å². The maximum Gasteiger partial charge on any atom is 0.416 e. The average molecular weight is 304 g/mol. The Morgan fingerprint density at radius 3 is 2.48 bits per heavy atom. The first-order valence-electron chi connectivity index (χ1n) is 6.50. The smallest absolute Gasteiger partial charge is 0.382 e. The molecule has 0 spiro atoms. The molecule has 0 unspecified atom stereocenters. The Kier molecular flexibility index (Phi) is 6.97. The number of guanidine groups is 1. The van der Waals surface area contributed by atoms with Crippen molar-refractivity contribution in [2.24, 2.45) is 10.8 Å². The predicted molar refractivity (Wildman–Crippen MR) is 75.8 cm³/mol. The fraction of sp³-hybridized carbons (Fsp3) is 0.462. The zero-order valence-electron chi connectivity index (χ0n) is 11.7. The van der Waals surface area contributed by atoms with Gasteiger partial charge in [-0.2, -0.15) is 13.2 Å². The molecule has 0 aliphatic rings. The van der Waals surface area contributed by atoms with Gasteiger partial charge in [0, 0.05) is 25.4 Å². The Hall–Kier alpha value is -1.80. The van der Waals surface area contributed by atoms with E-state index in [1.54, 1.807) is 0 Å². The molecule has 0 saturated carbocycles. The molecule has 8 heteroatoms. The summed E-state index contributed by atoms with van der Waals surface area (Å²) in [6.07, 6.45) is -3.62. The first-order valence-corrected chi connectivity index (χ1v) is 6.50. The lowest BCUT2D eigenvalue weighted by molar-refractivity contribution is -0.137. The van der Waals surface area contributed by atoms with Gasteiger partial charge in [-0.05, 0) is 37.6 Å². The minimum Gasteiger partial charge on any atom is -0.382 e. The average Bonchev–Trinajstić information content (AvgIpc) is 2.45. The van der Waals surface area contributed by atoms with Crippen LogP contribution in [0.1, 0.15) is 18.9 Å². The first kappa shape index (κ1) is 17.3. The molecule has 0 heterocycles. The minimum absolute atomic E-state index is 0.284. The van der Waals surface area contributed by atoms with E-state index in [1.807, 2.05) is 6.92 Å². The van der Waals surface area contributed by atoms with Crippen LogP contribution >= 0.6 is 0 Å². The number of aliphatic imine (C=N–C) groups is 1. The SMILES string of the molecule is CCOCCCN=C(NN)Nc1ccc(C(F)(F)F)cc1. The van der Waals surface area contributed by atoms with Gasteiger partial charge in [0.15, 0.2) is 0 Å². The molecule has 1 aromatic rings. The number of benzene rings is 1. The van der Waals surface area contributed by atoms with Crippen LogP contribution in [0.25, 0.3) is 0 Å². The van der Waals surface area contributed by atoms with Gasteiger partial charge >= 0.3 is 6.18 Å². The largest absolute Gasteiger partial charge is 0.416 e. The quantitative estimate of drug-likeness (QED) is 0.248. The first-order chi connectivity index (χ1) is 9.97. The molecule has 0 radical (unpaired) electrons. The number of hydrogen-bond acceptors (Lipinski definition) is 3. The van der Waals surface area contributed by atoms with Crippen LogP contribution in [0, 0.1) is 0 Å². The topological polar surface area (TPSA) is 71.7 Å². The summed E-state index contributed by atoms with van der Waals surface area (Å²) >= 11 is 0. The van der Waals surface area contributed by atoms with Crippen LogP contribution in [0.2, 0.25) is 0 Å². The molecule has 0 aliphatic heterocycles. The van der Waals surface area contributed by atoms with Crippen LogP contribution in [-0.4, -0.2) is 25.7 Å². The van der Waals surface area contributed by atoms with Gasteiger partial charge in [-0.1, -0.05) is 0 Å². The van der Waals surface area contributed by atoms with E-state index in [1.165, 1.54) is 12.1 Å². The van der Waals surface area contributed by atoms with E-state index in [2.05, 4.69) is 15.7 Å². The van der Waals surface area contributed by atoms with Gasteiger partial charge in [0.2, 0.25) is 5.96 Å². The van der Waals surface area contributed by atoms with Gasteiger partial charge in [0.25, 0.3) is 0 Å². The van der Waals surface area contributed by atoms with E-state index in [0.29, 0.717) is 25.4 Å². The van der Waals surface area contributed by atoms with Gasteiger partial charge in [-0.15, -0.1) is 0 Å². The van der Waals surface area contributed by atoms with E-state index >= 15 is 0 Å². The van der Waals surface area contributed by atoms with Crippen LogP contribution in [0.4, 0.5) is 18.9 Å². The molecule has 21 heavy (non-hydrogen) atoms. The van der Waals surface area contributed by atoms with Crippen molar-refractivity contribution >= 4 is 11.6 Å². The number of hydrazine groups is 1. The second-order valence-electron chi connectivity index (χ2n) is 4.13. The van der Waals surface area contributed by atoms with Crippen LogP contribution in [0.3, 0.4) is 0 Å². The Labute approximate surface area is 121 Å². The molecule has 1 rings (SSSR count). The molecular weight excluding hydrogens is 285 g/mol. The van der Waals surface area contributed by atoms with Crippen molar-refractivity contribution in [2.75, 3.05) is 25.1 Å². The highest BCUT2D eigenvalue weighted by molar-refractivity contribution is 5.93. The summed E-state index contributed by atoms with van der Waals surface area (Å²) in [6.45, 7) is 3.64. The molecule has 0 amide bonds. The molecule has 118 valence electrons. The van der Waals surface area contributed by atoms with E-state index < -0.39 is 11.7 Å². The number of anilines is 1. The third kappa shape index (κ3) is 6.46. The van der Waals surface area contributed by atoms with E-state index in [0.717, 1.165) is 18.6 Å². The molecule has 0 atom stereocenters. The highest BCUT2D eigenvalue weighted by Crippen LogP contribution is 2.29. The van der Waals surface area contributed by atoms with Gasteiger partial charge < -0.3 is 10.1 Å². The maximum atomic E-state index is 12.4. The molecule has 0 bridgehead atoms. The summed E-state index contributed by atoms with van der Waals surface area (Å²) in [6, 6.07) is 4.61. The summed E-state index contributed by atoms with van der Waals surface area (Å²) in [5.74, 6) is 5.59. The number of nitrogens with zero attached hydrogens (tertiary/aromatic N) is 1. The standard InChI is InChI=1S/C13H19F3N4O/c1-2-21-9-3-8-18-12(20-17)19-11-6-4-10(5-7-11)13(14,15)16/h4-7H,2-3,8-9,17H2,1H3,(H2,18,19,20). The maximum absolute atomic E-state index is 12.4. The van der Waals surface area contributed by atoms with Crippen molar-refractivity contribution < 1.29 is 17.9 Å². The molecule has 0 aromatic heterocycles. The molecule has 0 fully saturated rings. The van der Waals surface area contributed by atoms with Crippen LogP contribution in [0.15, 0.2) is 29.3 Å². The van der Waals surface area contributed by atoms with Crippen molar-refractivity contribution in [3.63, 3.8) is 0 Å². The Bertz CT molecular complexity index is 446. The van der Waals surface area contributed by atoms with E-state index in [9.17, 15) is 13.2 Å². The number of halogens is 3. The monoisotopic (exact) mass is 304 g/mol. The molecule has 1 aromatic carbocycles. The Balaban J connectivity index is 2.55. The predicted octanol–water partition coefficient (Wildman–Crippen LogP) is 2.36. The summed E-state index contributed by atoms with van der Waals surface area (Å²) in [4.78, 5) is 4.15. The van der Waals surface area contributed by atoms with E-state index in [-0.39, 0.29) is 5.96 Å². The van der Waals surface area contributed by atoms with Crippen LogP contribution in [0.5, 0.6) is 0 Å². The Morgan fingerprint density at radius 1 is 1.29 bits per heavy atom. The van der Waals surface area contributed by atoms with E-state index in [4.69, 9.17) is 10.6 Å². The van der Waals surface area contributed by atoms with Gasteiger partial charge in [0.05, 0.1) is 5.56 Å².